The number of anilines is 1. The molecule has 4 nitrogen and oxygen atoms in total. The first kappa shape index (κ1) is 15.5. The average Bonchev–Trinajstić information content (AvgIpc) is 2.79. The molecule has 0 spiro atoms. The maximum Gasteiger partial charge on any atom is 0.225 e. The van der Waals surface area contributed by atoms with E-state index < -0.39 is 0 Å². The van der Waals surface area contributed by atoms with Crippen molar-refractivity contribution >= 4 is 39.0 Å². The SMILES string of the molecule is CCc1cc2c(N(C)CCOC(C)C)nc(Cl)nc2s1. The molecule has 110 valence electrons. The van der Waals surface area contributed by atoms with E-state index in [0.29, 0.717) is 11.9 Å². The maximum absolute atomic E-state index is 6.03. The van der Waals surface area contributed by atoms with Gasteiger partial charge < -0.3 is 9.64 Å². The second kappa shape index (κ2) is 6.70. The first-order chi connectivity index (χ1) is 9.51. The number of hydrogen-bond donors (Lipinski definition) is 0. The van der Waals surface area contributed by atoms with E-state index in [1.54, 1.807) is 11.3 Å². The fraction of sp³-hybridized carbons (Fsp3) is 0.571. The molecule has 0 unspecified atom stereocenters. The van der Waals surface area contributed by atoms with Gasteiger partial charge in [-0.05, 0) is 37.9 Å². The first-order valence-corrected chi connectivity index (χ1v) is 7.99. The standard InChI is InChI=1S/C14H20ClN3OS/c1-5-10-8-11-12(16-14(15)17-13(11)20-10)18(4)6-7-19-9(2)3/h8-9H,5-7H2,1-4H3. The van der Waals surface area contributed by atoms with E-state index in [4.69, 9.17) is 16.3 Å². The van der Waals surface area contributed by atoms with E-state index in [1.165, 1.54) is 4.88 Å². The Morgan fingerprint density at radius 2 is 2.15 bits per heavy atom. The molecule has 0 saturated heterocycles. The molecule has 0 aliphatic carbocycles. The Morgan fingerprint density at radius 1 is 1.40 bits per heavy atom. The van der Waals surface area contributed by atoms with Crippen LogP contribution >= 0.6 is 22.9 Å². The molecule has 2 aromatic rings. The minimum Gasteiger partial charge on any atom is -0.377 e. The van der Waals surface area contributed by atoms with Crippen LogP contribution in [0.1, 0.15) is 25.6 Å². The Labute approximate surface area is 128 Å². The fourth-order valence-electron chi connectivity index (χ4n) is 1.93. The van der Waals surface area contributed by atoms with Gasteiger partial charge in [0.05, 0.1) is 18.1 Å². The van der Waals surface area contributed by atoms with Crippen molar-refractivity contribution in [2.45, 2.75) is 33.3 Å². The summed E-state index contributed by atoms with van der Waals surface area (Å²) >= 11 is 7.71. The molecule has 0 N–H and O–H groups in total. The molecule has 6 heteroatoms. The van der Waals surface area contributed by atoms with Crippen molar-refractivity contribution in [2.75, 3.05) is 25.1 Å². The summed E-state index contributed by atoms with van der Waals surface area (Å²) in [5.74, 6) is 0.878. The van der Waals surface area contributed by atoms with Crippen molar-refractivity contribution in [1.29, 1.82) is 0 Å². The lowest BCUT2D eigenvalue weighted by Crippen LogP contribution is -2.25. The van der Waals surface area contributed by atoms with Gasteiger partial charge in [0, 0.05) is 18.5 Å². The minimum absolute atomic E-state index is 0.241. The van der Waals surface area contributed by atoms with E-state index in [1.807, 2.05) is 20.9 Å². The zero-order valence-electron chi connectivity index (χ0n) is 12.3. The van der Waals surface area contributed by atoms with Crippen molar-refractivity contribution in [2.24, 2.45) is 0 Å². The van der Waals surface area contributed by atoms with E-state index in [2.05, 4.69) is 27.9 Å². The van der Waals surface area contributed by atoms with E-state index in [9.17, 15) is 0 Å². The third kappa shape index (κ3) is 3.59. The molecule has 0 fully saturated rings. The van der Waals surface area contributed by atoms with Crippen LogP contribution in [0.3, 0.4) is 0 Å². The molecule has 0 aromatic carbocycles. The third-order valence-corrected chi connectivity index (χ3v) is 4.33. The average molecular weight is 314 g/mol. The number of halogens is 1. The summed E-state index contributed by atoms with van der Waals surface area (Å²) in [7, 11) is 2.01. The van der Waals surface area contributed by atoms with Gasteiger partial charge in [-0.25, -0.2) is 4.98 Å². The van der Waals surface area contributed by atoms with Gasteiger partial charge in [0.2, 0.25) is 5.28 Å². The highest BCUT2D eigenvalue weighted by atomic mass is 35.5. The van der Waals surface area contributed by atoms with E-state index in [0.717, 1.165) is 29.0 Å². The van der Waals surface area contributed by atoms with Crippen LogP contribution in [-0.2, 0) is 11.2 Å². The van der Waals surface area contributed by atoms with Gasteiger partial charge >= 0.3 is 0 Å². The Kier molecular flexibility index (Phi) is 5.18. The molecular weight excluding hydrogens is 294 g/mol. The van der Waals surface area contributed by atoms with Gasteiger partial charge in [0.1, 0.15) is 10.6 Å². The molecule has 2 rings (SSSR count). The van der Waals surface area contributed by atoms with Crippen LogP contribution in [0.5, 0.6) is 0 Å². The van der Waals surface area contributed by atoms with Gasteiger partial charge in [0.15, 0.2) is 0 Å². The number of fused-ring (bicyclic) bond motifs is 1. The number of thiophene rings is 1. The first-order valence-electron chi connectivity index (χ1n) is 6.80. The number of aromatic nitrogens is 2. The van der Waals surface area contributed by atoms with Crippen LogP contribution in [0, 0.1) is 0 Å². The van der Waals surface area contributed by atoms with Crippen molar-refractivity contribution in [1.82, 2.24) is 9.97 Å². The predicted molar refractivity (Wildman–Crippen MR) is 86.2 cm³/mol. The fourth-order valence-corrected chi connectivity index (χ4v) is 3.10. The number of nitrogens with zero attached hydrogens (tertiary/aromatic N) is 3. The number of rotatable bonds is 6. The summed E-state index contributed by atoms with van der Waals surface area (Å²) in [6, 6.07) is 2.16. The van der Waals surface area contributed by atoms with Crippen LogP contribution in [0.25, 0.3) is 10.2 Å². The topological polar surface area (TPSA) is 38.2 Å². The smallest absolute Gasteiger partial charge is 0.225 e. The van der Waals surface area contributed by atoms with Crippen LogP contribution in [-0.4, -0.2) is 36.3 Å². The normalized spacial score (nSPS) is 11.5. The summed E-state index contributed by atoms with van der Waals surface area (Å²) in [4.78, 5) is 13.0. The van der Waals surface area contributed by atoms with Crippen molar-refractivity contribution < 1.29 is 4.74 Å². The zero-order chi connectivity index (χ0) is 14.7. The molecule has 2 aromatic heterocycles. The zero-order valence-corrected chi connectivity index (χ0v) is 13.9. The molecular formula is C14H20ClN3OS. The molecule has 0 saturated carbocycles. The summed E-state index contributed by atoms with van der Waals surface area (Å²) < 4.78 is 5.59. The van der Waals surface area contributed by atoms with Gasteiger partial charge in [-0.15, -0.1) is 11.3 Å². The van der Waals surface area contributed by atoms with Crippen LogP contribution in [0.4, 0.5) is 5.82 Å². The van der Waals surface area contributed by atoms with Crippen LogP contribution in [0.15, 0.2) is 6.07 Å². The van der Waals surface area contributed by atoms with Gasteiger partial charge in [0.25, 0.3) is 0 Å². The third-order valence-electron chi connectivity index (χ3n) is 2.98. The van der Waals surface area contributed by atoms with E-state index in [-0.39, 0.29) is 6.10 Å². The highest BCUT2D eigenvalue weighted by molar-refractivity contribution is 7.18. The van der Waals surface area contributed by atoms with Crippen LogP contribution in [0.2, 0.25) is 5.28 Å². The summed E-state index contributed by atoms with van der Waals surface area (Å²) in [5, 5.41) is 1.37. The van der Waals surface area contributed by atoms with Crippen molar-refractivity contribution in [3.63, 3.8) is 0 Å². The number of aryl methyl sites for hydroxylation is 1. The molecule has 0 radical (unpaired) electrons. The molecule has 0 aliphatic heterocycles. The van der Waals surface area contributed by atoms with Gasteiger partial charge in [-0.3, -0.25) is 0 Å². The quantitative estimate of drug-likeness (QED) is 0.761. The second-order valence-electron chi connectivity index (χ2n) is 4.94. The lowest BCUT2D eigenvalue weighted by atomic mass is 10.3. The highest BCUT2D eigenvalue weighted by Crippen LogP contribution is 2.31. The van der Waals surface area contributed by atoms with Crippen molar-refractivity contribution in [3.05, 3.63) is 16.2 Å². The monoisotopic (exact) mass is 313 g/mol. The molecule has 0 bridgehead atoms. The predicted octanol–water partition coefficient (Wildman–Crippen LogP) is 3.77. The largest absolute Gasteiger partial charge is 0.377 e. The lowest BCUT2D eigenvalue weighted by molar-refractivity contribution is 0.0845. The Bertz CT molecular complexity index is 585. The Morgan fingerprint density at radius 3 is 2.80 bits per heavy atom. The van der Waals surface area contributed by atoms with E-state index >= 15 is 0 Å². The number of likely N-dealkylation sites (N-methyl/N-ethyl adjacent to an activating group) is 1. The molecule has 0 atom stereocenters. The highest BCUT2D eigenvalue weighted by Gasteiger charge is 2.14. The summed E-state index contributed by atoms with van der Waals surface area (Å²) in [6.07, 6.45) is 1.24. The lowest BCUT2D eigenvalue weighted by Gasteiger charge is -2.19. The second-order valence-corrected chi connectivity index (χ2v) is 6.40. The summed E-state index contributed by atoms with van der Waals surface area (Å²) in [5.41, 5.74) is 0. The molecule has 0 aliphatic rings. The van der Waals surface area contributed by atoms with Gasteiger partial charge in [-0.1, -0.05) is 6.92 Å². The number of ether oxygens (including phenoxy) is 1. The van der Waals surface area contributed by atoms with Crippen LogP contribution < -0.4 is 4.90 Å². The Hall–Kier alpha value is -0.910. The Balaban J connectivity index is 2.25. The van der Waals surface area contributed by atoms with Crippen molar-refractivity contribution in [3.8, 4) is 0 Å². The summed E-state index contributed by atoms with van der Waals surface area (Å²) in [6.45, 7) is 7.65. The minimum atomic E-state index is 0.241. The maximum atomic E-state index is 6.03. The molecule has 20 heavy (non-hydrogen) atoms. The molecule has 2 heterocycles. The number of hydrogen-bond acceptors (Lipinski definition) is 5. The van der Waals surface area contributed by atoms with Gasteiger partial charge in [-0.2, -0.15) is 4.98 Å². The molecule has 0 amide bonds.